The first-order chi connectivity index (χ1) is 11.1. The molecule has 0 amide bonds. The third-order valence-electron chi connectivity index (χ3n) is 4.32. The van der Waals surface area contributed by atoms with Crippen molar-refractivity contribution in [3.8, 4) is 0 Å². The number of carbonyl (C=O) groups is 2. The Labute approximate surface area is 135 Å². The van der Waals surface area contributed by atoms with Gasteiger partial charge in [0.25, 0.3) is 0 Å². The van der Waals surface area contributed by atoms with Gasteiger partial charge < -0.3 is 9.64 Å². The van der Waals surface area contributed by atoms with E-state index in [1.165, 1.54) is 0 Å². The first-order valence-corrected chi connectivity index (χ1v) is 7.66. The monoisotopic (exact) mass is 309 g/mol. The van der Waals surface area contributed by atoms with E-state index in [2.05, 4.69) is 0 Å². The van der Waals surface area contributed by atoms with Gasteiger partial charge in [-0.2, -0.15) is 0 Å². The third kappa shape index (κ3) is 2.84. The standard InChI is InChI=1S/C19H19NO3/c1-13-17(19(22)23-12-14-8-4-3-5-9-14)20(2)16-11-7-6-10-15(16)18(13)21/h3-11,13,17H,12H2,1-2H3. The minimum Gasteiger partial charge on any atom is -0.459 e. The highest BCUT2D eigenvalue weighted by Gasteiger charge is 2.40. The van der Waals surface area contributed by atoms with Gasteiger partial charge in [0.05, 0.1) is 5.92 Å². The summed E-state index contributed by atoms with van der Waals surface area (Å²) in [6.45, 7) is 2.00. The number of fused-ring (bicyclic) bond motifs is 1. The lowest BCUT2D eigenvalue weighted by atomic mass is 9.86. The van der Waals surface area contributed by atoms with E-state index >= 15 is 0 Å². The predicted octanol–water partition coefficient (Wildman–Crippen LogP) is 3.07. The van der Waals surface area contributed by atoms with Gasteiger partial charge in [0.2, 0.25) is 0 Å². The van der Waals surface area contributed by atoms with Crippen molar-refractivity contribution in [3.05, 3.63) is 65.7 Å². The zero-order valence-corrected chi connectivity index (χ0v) is 13.2. The van der Waals surface area contributed by atoms with Crippen molar-refractivity contribution in [3.63, 3.8) is 0 Å². The largest absolute Gasteiger partial charge is 0.459 e. The van der Waals surface area contributed by atoms with Gasteiger partial charge in [-0.1, -0.05) is 49.4 Å². The first-order valence-electron chi connectivity index (χ1n) is 7.66. The number of carbonyl (C=O) groups excluding carboxylic acids is 2. The minimum absolute atomic E-state index is 0.0136. The maximum Gasteiger partial charge on any atom is 0.329 e. The lowest BCUT2D eigenvalue weighted by Gasteiger charge is -2.37. The molecule has 0 aromatic heterocycles. The number of hydrogen-bond donors (Lipinski definition) is 0. The van der Waals surface area contributed by atoms with Gasteiger partial charge >= 0.3 is 5.97 Å². The maximum atomic E-state index is 12.5. The molecule has 0 radical (unpaired) electrons. The van der Waals surface area contributed by atoms with Crippen LogP contribution < -0.4 is 4.90 Å². The third-order valence-corrected chi connectivity index (χ3v) is 4.32. The molecule has 1 aliphatic rings. The van der Waals surface area contributed by atoms with E-state index in [1.54, 1.807) is 13.0 Å². The molecule has 0 aliphatic carbocycles. The number of nitrogens with zero attached hydrogens (tertiary/aromatic N) is 1. The van der Waals surface area contributed by atoms with Crippen molar-refractivity contribution in [1.29, 1.82) is 0 Å². The van der Waals surface area contributed by atoms with Crippen molar-refractivity contribution in [2.75, 3.05) is 11.9 Å². The summed E-state index contributed by atoms with van der Waals surface area (Å²) in [5.41, 5.74) is 2.37. The molecule has 2 atom stereocenters. The second-order valence-electron chi connectivity index (χ2n) is 5.82. The molecular weight excluding hydrogens is 290 g/mol. The average molecular weight is 309 g/mol. The lowest BCUT2D eigenvalue weighted by molar-refractivity contribution is -0.147. The van der Waals surface area contributed by atoms with Gasteiger partial charge in [0.1, 0.15) is 12.6 Å². The van der Waals surface area contributed by atoms with Crippen LogP contribution in [-0.4, -0.2) is 24.8 Å². The number of hydrogen-bond acceptors (Lipinski definition) is 4. The summed E-state index contributed by atoms with van der Waals surface area (Å²) in [6, 6.07) is 16.3. The van der Waals surface area contributed by atoms with Gasteiger partial charge in [0.15, 0.2) is 5.78 Å². The topological polar surface area (TPSA) is 46.6 Å². The fraction of sp³-hybridized carbons (Fsp3) is 0.263. The molecule has 0 spiro atoms. The molecule has 23 heavy (non-hydrogen) atoms. The number of ether oxygens (including phenoxy) is 1. The summed E-state index contributed by atoms with van der Waals surface area (Å²) in [6.07, 6.45) is 0. The molecule has 2 aromatic rings. The molecule has 0 N–H and O–H groups in total. The Morgan fingerprint density at radius 2 is 1.74 bits per heavy atom. The number of para-hydroxylation sites is 1. The van der Waals surface area contributed by atoms with Crippen LogP contribution >= 0.6 is 0 Å². The van der Waals surface area contributed by atoms with Gasteiger partial charge in [-0.15, -0.1) is 0 Å². The molecule has 1 aliphatic heterocycles. The van der Waals surface area contributed by atoms with Gasteiger partial charge in [0, 0.05) is 18.3 Å². The molecule has 0 saturated carbocycles. The minimum atomic E-state index is -0.596. The molecule has 2 unspecified atom stereocenters. The highest BCUT2D eigenvalue weighted by Crippen LogP contribution is 2.33. The molecule has 118 valence electrons. The second kappa shape index (κ2) is 6.24. The Kier molecular flexibility index (Phi) is 4.15. The van der Waals surface area contributed by atoms with E-state index in [-0.39, 0.29) is 18.4 Å². The Morgan fingerprint density at radius 1 is 1.09 bits per heavy atom. The van der Waals surface area contributed by atoms with Crippen LogP contribution in [0.5, 0.6) is 0 Å². The summed E-state index contributed by atoms with van der Waals surface area (Å²) in [5, 5.41) is 0. The average Bonchev–Trinajstić information content (AvgIpc) is 2.59. The van der Waals surface area contributed by atoms with E-state index in [9.17, 15) is 9.59 Å². The highest BCUT2D eigenvalue weighted by molar-refractivity contribution is 6.08. The molecule has 2 aromatic carbocycles. The fourth-order valence-corrected chi connectivity index (χ4v) is 3.04. The lowest BCUT2D eigenvalue weighted by Crippen LogP contribution is -2.50. The number of ketones is 1. The maximum absolute atomic E-state index is 12.5. The number of anilines is 1. The van der Waals surface area contributed by atoms with Gasteiger partial charge in [-0.3, -0.25) is 4.79 Å². The van der Waals surface area contributed by atoms with E-state index in [0.29, 0.717) is 5.56 Å². The zero-order valence-electron chi connectivity index (χ0n) is 13.2. The Balaban J connectivity index is 1.79. The SMILES string of the molecule is CC1C(=O)c2ccccc2N(C)C1C(=O)OCc1ccccc1. The van der Waals surface area contributed by atoms with Crippen LogP contribution in [0, 0.1) is 5.92 Å². The summed E-state index contributed by atoms with van der Waals surface area (Å²) in [4.78, 5) is 26.9. The first kappa shape index (κ1) is 15.3. The zero-order chi connectivity index (χ0) is 16.4. The van der Waals surface area contributed by atoms with Crippen LogP contribution in [-0.2, 0) is 16.1 Å². The predicted molar refractivity (Wildman–Crippen MR) is 88.4 cm³/mol. The Morgan fingerprint density at radius 3 is 2.48 bits per heavy atom. The van der Waals surface area contributed by atoms with Crippen molar-refractivity contribution in [1.82, 2.24) is 0 Å². The Bertz CT molecular complexity index is 726. The van der Waals surface area contributed by atoms with E-state index in [0.717, 1.165) is 11.3 Å². The molecule has 1 heterocycles. The smallest absolute Gasteiger partial charge is 0.329 e. The van der Waals surface area contributed by atoms with Crippen LogP contribution in [0.4, 0.5) is 5.69 Å². The number of benzene rings is 2. The van der Waals surface area contributed by atoms with Crippen LogP contribution in [0.1, 0.15) is 22.8 Å². The molecular formula is C19H19NO3. The summed E-state index contributed by atoms with van der Waals surface area (Å²) in [7, 11) is 1.83. The van der Waals surface area contributed by atoms with Crippen LogP contribution in [0.25, 0.3) is 0 Å². The molecule has 0 saturated heterocycles. The van der Waals surface area contributed by atoms with Crippen molar-refractivity contribution in [2.24, 2.45) is 5.92 Å². The second-order valence-corrected chi connectivity index (χ2v) is 5.82. The molecule has 4 nitrogen and oxygen atoms in total. The molecule has 3 rings (SSSR count). The van der Waals surface area contributed by atoms with E-state index in [4.69, 9.17) is 4.74 Å². The Hall–Kier alpha value is -2.62. The quantitative estimate of drug-likeness (QED) is 0.818. The number of likely N-dealkylation sites (N-methyl/N-ethyl adjacent to an activating group) is 1. The highest BCUT2D eigenvalue weighted by atomic mass is 16.5. The van der Waals surface area contributed by atoms with Crippen molar-refractivity contribution < 1.29 is 14.3 Å². The number of esters is 1. The summed E-state index contributed by atoms with van der Waals surface area (Å²) in [5.74, 6) is -0.815. The molecule has 0 bridgehead atoms. The number of Topliss-reactive ketones (excluding diaryl/α,β-unsaturated/α-hetero) is 1. The number of rotatable bonds is 3. The summed E-state index contributed by atoms with van der Waals surface area (Å²) >= 11 is 0. The van der Waals surface area contributed by atoms with Crippen LogP contribution in [0.3, 0.4) is 0 Å². The molecule has 0 fully saturated rings. The van der Waals surface area contributed by atoms with Crippen molar-refractivity contribution in [2.45, 2.75) is 19.6 Å². The van der Waals surface area contributed by atoms with Gasteiger partial charge in [-0.25, -0.2) is 4.79 Å². The summed E-state index contributed by atoms with van der Waals surface area (Å²) < 4.78 is 5.44. The van der Waals surface area contributed by atoms with Crippen molar-refractivity contribution >= 4 is 17.4 Å². The van der Waals surface area contributed by atoms with E-state index in [1.807, 2.05) is 60.5 Å². The molecule has 4 heteroatoms. The van der Waals surface area contributed by atoms with Crippen LogP contribution in [0.2, 0.25) is 0 Å². The van der Waals surface area contributed by atoms with Gasteiger partial charge in [-0.05, 0) is 17.7 Å². The normalized spacial score (nSPS) is 20.1. The van der Waals surface area contributed by atoms with E-state index < -0.39 is 12.0 Å². The fourth-order valence-electron chi connectivity index (χ4n) is 3.04. The van der Waals surface area contributed by atoms with Crippen LogP contribution in [0.15, 0.2) is 54.6 Å².